The molecule has 0 saturated heterocycles. The predicted octanol–water partition coefficient (Wildman–Crippen LogP) is 2.52. The molecule has 0 aromatic heterocycles. The van der Waals surface area contributed by atoms with Gasteiger partial charge in [-0.25, -0.2) is 0 Å². The van der Waals surface area contributed by atoms with E-state index in [0.29, 0.717) is 17.9 Å². The molecule has 0 radical (unpaired) electrons. The number of nitrogens with one attached hydrogen (secondary N) is 1. The van der Waals surface area contributed by atoms with Crippen LogP contribution in [-0.4, -0.2) is 38.3 Å². The molecule has 6 heteroatoms. The molecule has 1 aromatic rings. The summed E-state index contributed by atoms with van der Waals surface area (Å²) in [5.74, 6) is 0.719. The maximum atomic E-state index is 6.22. The molecule has 27 heavy (non-hydrogen) atoms. The highest BCUT2D eigenvalue weighted by Gasteiger charge is 2.26. The fourth-order valence-corrected chi connectivity index (χ4v) is 3.18. The minimum absolute atomic E-state index is 0.145. The number of benzene rings is 1. The number of amidine groups is 1. The van der Waals surface area contributed by atoms with Gasteiger partial charge in [0.1, 0.15) is 5.84 Å². The van der Waals surface area contributed by atoms with Crippen molar-refractivity contribution >= 4 is 12.1 Å². The summed E-state index contributed by atoms with van der Waals surface area (Å²) in [6.45, 7) is 0.618. The highest BCUT2D eigenvalue weighted by molar-refractivity contribution is 5.96. The molecule has 0 heterocycles. The van der Waals surface area contributed by atoms with Crippen molar-refractivity contribution in [3.8, 4) is 0 Å². The largest absolute Gasteiger partial charge is 0.404 e. The summed E-state index contributed by atoms with van der Waals surface area (Å²) >= 11 is 0. The Morgan fingerprint density at radius 3 is 2.63 bits per heavy atom. The van der Waals surface area contributed by atoms with E-state index in [2.05, 4.69) is 27.4 Å². The Balaban J connectivity index is 2.02. The zero-order valence-corrected chi connectivity index (χ0v) is 16.3. The van der Waals surface area contributed by atoms with Gasteiger partial charge in [0.25, 0.3) is 0 Å². The Bertz CT molecular complexity index is 694. The third kappa shape index (κ3) is 6.57. The van der Waals surface area contributed by atoms with E-state index in [4.69, 9.17) is 16.2 Å². The van der Waals surface area contributed by atoms with Crippen LogP contribution in [0.3, 0.4) is 0 Å². The van der Waals surface area contributed by atoms with Gasteiger partial charge in [0, 0.05) is 43.9 Å². The van der Waals surface area contributed by atoms with E-state index in [0.717, 1.165) is 18.7 Å². The van der Waals surface area contributed by atoms with Crippen LogP contribution in [-0.2, 0) is 11.3 Å². The van der Waals surface area contributed by atoms with Crippen molar-refractivity contribution in [2.75, 3.05) is 14.1 Å². The second kappa shape index (κ2) is 11.2. The average molecular weight is 370 g/mol. The summed E-state index contributed by atoms with van der Waals surface area (Å²) in [6.07, 6.45) is 9.45. The number of nitrogens with zero attached hydrogens (tertiary/aromatic N) is 2. The van der Waals surface area contributed by atoms with Gasteiger partial charge in [-0.3, -0.25) is 9.98 Å². The maximum absolute atomic E-state index is 6.22. The zero-order chi connectivity index (χ0) is 19.5. The Morgan fingerprint density at radius 2 is 1.96 bits per heavy atom. The standard InChI is InChI=1S/C21H31N5O/c1-24-14-17(13-22)18(23)12-21(25-2)26-19-10-6-7-11-20(19)27-15-16-8-4-3-5-9-16/h3-5,8-9,12-14,19-20H,6-7,10-11,15,22-23H2,1-2H3,(H,25,26)/t19-,20-/m0/s1. The smallest absolute Gasteiger partial charge is 0.122 e. The highest BCUT2D eigenvalue weighted by Crippen LogP contribution is 2.22. The normalized spacial score (nSPS) is 22.2. The minimum Gasteiger partial charge on any atom is -0.404 e. The Kier molecular flexibility index (Phi) is 8.58. The van der Waals surface area contributed by atoms with Gasteiger partial charge in [-0.2, -0.15) is 0 Å². The lowest BCUT2D eigenvalue weighted by Crippen LogP contribution is -2.46. The molecule has 1 aliphatic carbocycles. The molecule has 0 spiro atoms. The lowest BCUT2D eigenvalue weighted by Gasteiger charge is -2.32. The molecular weight excluding hydrogens is 338 g/mol. The van der Waals surface area contributed by atoms with Gasteiger partial charge in [-0.1, -0.05) is 43.2 Å². The van der Waals surface area contributed by atoms with Crippen LogP contribution in [0.5, 0.6) is 0 Å². The third-order valence-electron chi connectivity index (χ3n) is 4.66. The first-order valence-corrected chi connectivity index (χ1v) is 9.38. The molecule has 1 aromatic carbocycles. The average Bonchev–Trinajstić information content (AvgIpc) is 2.71. The van der Waals surface area contributed by atoms with Crippen molar-refractivity contribution in [2.45, 2.75) is 44.4 Å². The number of hydrogen-bond donors (Lipinski definition) is 3. The van der Waals surface area contributed by atoms with Crippen molar-refractivity contribution in [3.05, 3.63) is 59.4 Å². The van der Waals surface area contributed by atoms with Crippen LogP contribution in [0.25, 0.3) is 0 Å². The van der Waals surface area contributed by atoms with E-state index >= 15 is 0 Å². The van der Waals surface area contributed by atoms with E-state index in [9.17, 15) is 0 Å². The van der Waals surface area contributed by atoms with Crippen molar-refractivity contribution < 1.29 is 4.74 Å². The fourth-order valence-electron chi connectivity index (χ4n) is 3.18. The predicted molar refractivity (Wildman–Crippen MR) is 113 cm³/mol. The number of nitrogens with two attached hydrogens (primary N) is 2. The summed E-state index contributed by atoms with van der Waals surface area (Å²) < 4.78 is 6.22. The van der Waals surface area contributed by atoms with Gasteiger partial charge in [-0.15, -0.1) is 0 Å². The zero-order valence-electron chi connectivity index (χ0n) is 16.3. The SMILES string of the molecule is CN=CC(=CN)C(N)=CC(=NC)N[C@H]1CCCC[C@@H]1OCc1ccccc1. The van der Waals surface area contributed by atoms with E-state index in [-0.39, 0.29) is 12.1 Å². The molecule has 0 aliphatic heterocycles. The number of aliphatic imine (C=N–C) groups is 2. The van der Waals surface area contributed by atoms with Crippen molar-refractivity contribution in [3.63, 3.8) is 0 Å². The van der Waals surface area contributed by atoms with E-state index in [1.807, 2.05) is 18.2 Å². The summed E-state index contributed by atoms with van der Waals surface area (Å²) in [5, 5.41) is 3.50. The van der Waals surface area contributed by atoms with Gasteiger partial charge in [-0.05, 0) is 18.4 Å². The molecule has 0 amide bonds. The first kappa shape index (κ1) is 20.7. The summed E-state index contributed by atoms with van der Waals surface area (Å²) in [5.41, 5.74) is 14.1. The van der Waals surface area contributed by atoms with Crippen molar-refractivity contribution in [1.29, 1.82) is 0 Å². The molecule has 1 saturated carbocycles. The lowest BCUT2D eigenvalue weighted by molar-refractivity contribution is -0.000793. The first-order valence-electron chi connectivity index (χ1n) is 9.38. The first-order chi connectivity index (χ1) is 13.2. The Morgan fingerprint density at radius 1 is 1.22 bits per heavy atom. The van der Waals surface area contributed by atoms with Crippen LogP contribution in [0.4, 0.5) is 0 Å². The number of hydrogen-bond acceptors (Lipinski definition) is 5. The van der Waals surface area contributed by atoms with Gasteiger partial charge >= 0.3 is 0 Å². The number of allylic oxidation sites excluding steroid dienone is 1. The van der Waals surface area contributed by atoms with E-state index < -0.39 is 0 Å². The van der Waals surface area contributed by atoms with Crippen molar-refractivity contribution in [2.24, 2.45) is 21.5 Å². The van der Waals surface area contributed by atoms with Gasteiger partial charge in [0.15, 0.2) is 0 Å². The Labute approximate surface area is 162 Å². The van der Waals surface area contributed by atoms with Gasteiger partial charge < -0.3 is 21.5 Å². The van der Waals surface area contributed by atoms with Crippen LogP contribution in [0, 0.1) is 0 Å². The molecule has 6 nitrogen and oxygen atoms in total. The maximum Gasteiger partial charge on any atom is 0.122 e. The van der Waals surface area contributed by atoms with Crippen LogP contribution >= 0.6 is 0 Å². The van der Waals surface area contributed by atoms with Gasteiger partial charge in [0.05, 0.1) is 18.8 Å². The second-order valence-corrected chi connectivity index (χ2v) is 6.59. The molecule has 146 valence electrons. The summed E-state index contributed by atoms with van der Waals surface area (Å²) in [6, 6.07) is 10.5. The summed E-state index contributed by atoms with van der Waals surface area (Å²) in [7, 11) is 3.43. The van der Waals surface area contributed by atoms with Crippen LogP contribution in [0.1, 0.15) is 31.2 Å². The van der Waals surface area contributed by atoms with Crippen LogP contribution in [0.15, 0.2) is 63.9 Å². The summed E-state index contributed by atoms with van der Waals surface area (Å²) in [4.78, 5) is 8.30. The van der Waals surface area contributed by atoms with E-state index in [1.54, 1.807) is 26.4 Å². The van der Waals surface area contributed by atoms with E-state index in [1.165, 1.54) is 24.6 Å². The van der Waals surface area contributed by atoms with Crippen LogP contribution in [0.2, 0.25) is 0 Å². The Hall–Kier alpha value is -2.60. The molecule has 2 atom stereocenters. The topological polar surface area (TPSA) is 98.0 Å². The molecule has 0 unspecified atom stereocenters. The molecule has 0 bridgehead atoms. The lowest BCUT2D eigenvalue weighted by atomic mass is 9.92. The molecule has 1 aliphatic rings. The molecular formula is C21H31N5O. The van der Waals surface area contributed by atoms with Crippen molar-refractivity contribution in [1.82, 2.24) is 5.32 Å². The molecule has 5 N–H and O–H groups in total. The third-order valence-corrected chi connectivity index (χ3v) is 4.66. The fraction of sp³-hybridized carbons (Fsp3) is 0.429. The van der Waals surface area contributed by atoms with Crippen LogP contribution < -0.4 is 16.8 Å². The monoisotopic (exact) mass is 369 g/mol. The molecule has 2 rings (SSSR count). The quantitative estimate of drug-likeness (QED) is 0.391. The molecule has 1 fully saturated rings. The highest BCUT2D eigenvalue weighted by atomic mass is 16.5. The number of rotatable bonds is 7. The second-order valence-electron chi connectivity index (χ2n) is 6.59. The van der Waals surface area contributed by atoms with Gasteiger partial charge in [0.2, 0.25) is 0 Å². The number of ether oxygens (including phenoxy) is 1. The minimum atomic E-state index is 0.145.